The molecule has 0 aliphatic heterocycles. The van der Waals surface area contributed by atoms with E-state index < -0.39 is 16.0 Å². The van der Waals surface area contributed by atoms with Gasteiger partial charge in [-0.05, 0) is 95.0 Å². The number of halogens is 2. The van der Waals surface area contributed by atoms with Gasteiger partial charge in [-0.15, -0.1) is 0 Å². The van der Waals surface area contributed by atoms with Gasteiger partial charge in [-0.1, -0.05) is 29.8 Å². The summed E-state index contributed by atoms with van der Waals surface area (Å²) in [6.45, 7) is 3.81. The second kappa shape index (κ2) is 10.2. The largest absolute Gasteiger partial charge is 0.378 e. The molecule has 0 spiro atoms. The minimum atomic E-state index is -4.07. The van der Waals surface area contributed by atoms with Gasteiger partial charge in [-0.2, -0.15) is 13.7 Å². The molecule has 0 radical (unpaired) electrons. The van der Waals surface area contributed by atoms with Gasteiger partial charge in [0.2, 0.25) is 0 Å². The molecule has 6 nitrogen and oxygen atoms in total. The van der Waals surface area contributed by atoms with Crippen molar-refractivity contribution >= 4 is 55.3 Å². The summed E-state index contributed by atoms with van der Waals surface area (Å²) in [5.74, 6) is -0.492. The van der Waals surface area contributed by atoms with Crippen LogP contribution in [0.2, 0.25) is 5.02 Å². The summed E-state index contributed by atoms with van der Waals surface area (Å²) in [6, 6.07) is 17.5. The zero-order valence-electron chi connectivity index (χ0n) is 17.6. The Balaban J connectivity index is 1.81. The number of nitriles is 1. The van der Waals surface area contributed by atoms with E-state index in [2.05, 4.69) is 21.2 Å². The highest BCUT2D eigenvalue weighted by atomic mass is 79.9. The van der Waals surface area contributed by atoms with Crippen molar-refractivity contribution in [3.63, 3.8) is 0 Å². The Morgan fingerprint density at radius 3 is 2.45 bits per heavy atom. The number of nitrogens with zero attached hydrogens (tertiary/aromatic N) is 1. The molecular weight excluding hydrogens is 528 g/mol. The number of aryl methyl sites for hydroxylation is 1. The SMILES string of the molecule is Cc1cccc(NC(=O)/C(C#N)=C/c2ccc(OS(=O)(=O)c3ccc(Cl)cc3)c(Br)c2)c1C. The molecule has 0 aliphatic rings. The van der Waals surface area contributed by atoms with E-state index in [4.69, 9.17) is 15.8 Å². The van der Waals surface area contributed by atoms with Crippen LogP contribution in [-0.4, -0.2) is 14.3 Å². The molecule has 0 saturated heterocycles. The number of nitrogens with one attached hydrogen (secondary N) is 1. The highest BCUT2D eigenvalue weighted by Crippen LogP contribution is 2.30. The molecule has 0 saturated carbocycles. The van der Waals surface area contributed by atoms with E-state index in [9.17, 15) is 18.5 Å². The van der Waals surface area contributed by atoms with Gasteiger partial charge >= 0.3 is 10.1 Å². The number of rotatable bonds is 6. The van der Waals surface area contributed by atoms with Crippen molar-refractivity contribution in [3.05, 3.63) is 92.4 Å². The van der Waals surface area contributed by atoms with E-state index in [0.717, 1.165) is 11.1 Å². The smallest absolute Gasteiger partial charge is 0.339 e. The van der Waals surface area contributed by atoms with Gasteiger partial charge in [-0.3, -0.25) is 4.79 Å². The van der Waals surface area contributed by atoms with Crippen molar-refractivity contribution in [2.45, 2.75) is 18.7 Å². The van der Waals surface area contributed by atoms with Crippen LogP contribution in [-0.2, 0) is 14.9 Å². The molecule has 33 heavy (non-hydrogen) atoms. The van der Waals surface area contributed by atoms with Crippen molar-refractivity contribution in [1.29, 1.82) is 5.26 Å². The number of anilines is 1. The molecule has 0 unspecified atom stereocenters. The molecule has 0 aliphatic carbocycles. The minimum Gasteiger partial charge on any atom is -0.378 e. The summed E-state index contributed by atoms with van der Waals surface area (Å²) in [5, 5.41) is 12.6. The van der Waals surface area contributed by atoms with Gasteiger partial charge in [0.05, 0.1) is 4.47 Å². The number of hydrogen-bond acceptors (Lipinski definition) is 5. The Morgan fingerprint density at radius 1 is 1.12 bits per heavy atom. The summed E-state index contributed by atoms with van der Waals surface area (Å²) < 4.78 is 30.5. The second-order valence-electron chi connectivity index (χ2n) is 7.05. The molecular formula is C24H18BrClN2O4S. The number of benzene rings is 3. The van der Waals surface area contributed by atoms with E-state index >= 15 is 0 Å². The standard InChI is InChI=1S/C24H18BrClN2O4S/c1-15-4-3-5-22(16(15)2)28-24(29)18(14-27)12-17-6-11-23(21(25)13-17)32-33(30,31)20-9-7-19(26)8-10-20/h3-13H,1-2H3,(H,28,29)/b18-12+. The predicted molar refractivity (Wildman–Crippen MR) is 132 cm³/mol. The van der Waals surface area contributed by atoms with E-state index in [-0.39, 0.29) is 16.2 Å². The highest BCUT2D eigenvalue weighted by molar-refractivity contribution is 9.10. The Labute approximate surface area is 205 Å². The summed E-state index contributed by atoms with van der Waals surface area (Å²) in [6.07, 6.45) is 1.41. The Morgan fingerprint density at radius 2 is 1.82 bits per heavy atom. The van der Waals surface area contributed by atoms with Gasteiger partial charge in [0, 0.05) is 10.7 Å². The van der Waals surface area contributed by atoms with E-state index in [1.807, 2.05) is 32.0 Å². The zero-order valence-corrected chi connectivity index (χ0v) is 20.8. The summed E-state index contributed by atoms with van der Waals surface area (Å²) in [4.78, 5) is 12.6. The van der Waals surface area contributed by atoms with Crippen LogP contribution in [0.25, 0.3) is 6.08 Å². The monoisotopic (exact) mass is 544 g/mol. The fourth-order valence-electron chi connectivity index (χ4n) is 2.83. The van der Waals surface area contributed by atoms with Gasteiger partial charge in [0.1, 0.15) is 16.5 Å². The van der Waals surface area contributed by atoms with E-state index in [0.29, 0.717) is 20.7 Å². The quantitative estimate of drug-likeness (QED) is 0.232. The van der Waals surface area contributed by atoms with Crippen LogP contribution < -0.4 is 9.50 Å². The van der Waals surface area contributed by atoms with Crippen molar-refractivity contribution in [3.8, 4) is 11.8 Å². The first kappa shape index (κ1) is 24.5. The fraction of sp³-hybridized carbons (Fsp3) is 0.0833. The maximum atomic E-state index is 12.6. The predicted octanol–water partition coefficient (Wildman–Crippen LogP) is 6.03. The van der Waals surface area contributed by atoms with Gasteiger partial charge in [0.15, 0.2) is 5.75 Å². The maximum absolute atomic E-state index is 12.6. The lowest BCUT2D eigenvalue weighted by molar-refractivity contribution is -0.112. The first-order valence-corrected chi connectivity index (χ1v) is 12.2. The van der Waals surface area contributed by atoms with Crippen LogP contribution in [0, 0.1) is 25.2 Å². The second-order valence-corrected chi connectivity index (χ2v) is 9.89. The van der Waals surface area contributed by atoms with Crippen LogP contribution in [0.5, 0.6) is 5.75 Å². The normalized spacial score (nSPS) is 11.5. The lowest BCUT2D eigenvalue weighted by Crippen LogP contribution is -2.14. The average Bonchev–Trinajstić information content (AvgIpc) is 2.77. The van der Waals surface area contributed by atoms with Crippen molar-refractivity contribution in [1.82, 2.24) is 0 Å². The number of amides is 1. The van der Waals surface area contributed by atoms with Crippen LogP contribution in [0.1, 0.15) is 16.7 Å². The lowest BCUT2D eigenvalue weighted by atomic mass is 10.1. The summed E-state index contributed by atoms with van der Waals surface area (Å²) in [7, 11) is -4.07. The molecule has 3 rings (SSSR count). The molecule has 0 heterocycles. The van der Waals surface area contributed by atoms with Crippen LogP contribution in [0.3, 0.4) is 0 Å². The molecule has 1 amide bonds. The topological polar surface area (TPSA) is 96.3 Å². The molecule has 3 aromatic rings. The molecule has 9 heteroatoms. The van der Waals surface area contributed by atoms with Crippen LogP contribution in [0.4, 0.5) is 5.69 Å². The third kappa shape index (κ3) is 6.02. The molecule has 3 aromatic carbocycles. The Bertz CT molecular complexity index is 1390. The number of hydrogen-bond donors (Lipinski definition) is 1. The van der Waals surface area contributed by atoms with Crippen molar-refractivity contribution in [2.75, 3.05) is 5.32 Å². The molecule has 0 atom stereocenters. The maximum Gasteiger partial charge on any atom is 0.339 e. The molecule has 1 N–H and O–H groups in total. The molecule has 0 fully saturated rings. The van der Waals surface area contributed by atoms with Gasteiger partial charge in [-0.25, -0.2) is 0 Å². The van der Waals surface area contributed by atoms with Crippen molar-refractivity contribution in [2.24, 2.45) is 0 Å². The molecule has 0 aromatic heterocycles. The van der Waals surface area contributed by atoms with Gasteiger partial charge < -0.3 is 9.50 Å². The van der Waals surface area contributed by atoms with Crippen LogP contribution >= 0.6 is 27.5 Å². The molecule has 0 bridgehead atoms. The summed E-state index contributed by atoms with van der Waals surface area (Å²) in [5.41, 5.74) is 2.95. The highest BCUT2D eigenvalue weighted by Gasteiger charge is 2.18. The third-order valence-corrected chi connectivity index (χ3v) is 6.91. The Hall–Kier alpha value is -3.12. The first-order chi connectivity index (χ1) is 15.6. The van der Waals surface area contributed by atoms with E-state index in [1.54, 1.807) is 18.2 Å². The van der Waals surface area contributed by atoms with Gasteiger partial charge in [0.25, 0.3) is 5.91 Å². The van der Waals surface area contributed by atoms with E-state index in [1.165, 1.54) is 36.4 Å². The fourth-order valence-corrected chi connectivity index (χ4v) is 4.49. The minimum absolute atomic E-state index is 0.0438. The number of carbonyl (C=O) groups is 1. The van der Waals surface area contributed by atoms with Crippen molar-refractivity contribution < 1.29 is 17.4 Å². The van der Waals surface area contributed by atoms with Crippen LogP contribution in [0.15, 0.2) is 75.6 Å². The summed E-state index contributed by atoms with van der Waals surface area (Å²) >= 11 is 9.08. The zero-order chi connectivity index (χ0) is 24.2. The number of carbonyl (C=O) groups excluding carboxylic acids is 1. The lowest BCUT2D eigenvalue weighted by Gasteiger charge is -2.10. The third-order valence-electron chi connectivity index (χ3n) is 4.79. The first-order valence-electron chi connectivity index (χ1n) is 9.59. The Kier molecular flexibility index (Phi) is 7.59. The average molecular weight is 546 g/mol. The molecule has 168 valence electrons.